The summed E-state index contributed by atoms with van der Waals surface area (Å²) < 4.78 is 31.1. The van der Waals surface area contributed by atoms with Gasteiger partial charge >= 0.3 is 0 Å². The fraction of sp³-hybridized carbons (Fsp3) is 0.154. The van der Waals surface area contributed by atoms with Crippen LogP contribution in [-0.4, -0.2) is 11.5 Å². The van der Waals surface area contributed by atoms with E-state index < -0.39 is 11.6 Å². The van der Waals surface area contributed by atoms with Crippen LogP contribution >= 0.6 is 0 Å². The van der Waals surface area contributed by atoms with Gasteiger partial charge in [-0.3, -0.25) is 4.98 Å². The molecule has 0 saturated carbocycles. The van der Waals surface area contributed by atoms with Gasteiger partial charge in [0.25, 0.3) is 0 Å². The van der Waals surface area contributed by atoms with Crippen molar-refractivity contribution in [2.75, 3.05) is 6.54 Å². The number of hydrogen-bond acceptors (Lipinski definition) is 3. The molecule has 0 radical (unpaired) electrons. The lowest BCUT2D eigenvalue weighted by Gasteiger charge is -2.07. The molecule has 0 aliphatic carbocycles. The molecular weight excluding hydrogens is 238 g/mol. The van der Waals surface area contributed by atoms with Crippen LogP contribution in [0.25, 0.3) is 0 Å². The summed E-state index contributed by atoms with van der Waals surface area (Å²) in [6.45, 7) is 0.510. The third kappa shape index (κ3) is 3.01. The van der Waals surface area contributed by atoms with Crippen LogP contribution in [0, 0.1) is 11.6 Å². The Kier molecular flexibility index (Phi) is 3.84. The van der Waals surface area contributed by atoms with E-state index in [4.69, 9.17) is 10.5 Å². The second-order valence-corrected chi connectivity index (χ2v) is 3.75. The smallest absolute Gasteiger partial charge is 0.162 e. The standard InChI is InChI=1S/C13H12F2N2O/c14-12-2-1-10(6-13(12)15)18-11-5-9(3-4-16)7-17-8-11/h1-2,5-8H,3-4,16H2. The van der Waals surface area contributed by atoms with Crippen molar-refractivity contribution in [3.63, 3.8) is 0 Å². The Bertz CT molecular complexity index is 546. The fourth-order valence-corrected chi connectivity index (χ4v) is 1.50. The first kappa shape index (κ1) is 12.4. The van der Waals surface area contributed by atoms with E-state index in [1.807, 2.05) is 0 Å². The molecule has 1 aromatic carbocycles. The van der Waals surface area contributed by atoms with Crippen molar-refractivity contribution in [2.24, 2.45) is 5.73 Å². The summed E-state index contributed by atoms with van der Waals surface area (Å²) in [4.78, 5) is 3.99. The zero-order valence-corrected chi connectivity index (χ0v) is 9.57. The quantitative estimate of drug-likeness (QED) is 0.907. The molecule has 0 fully saturated rings. The number of rotatable bonds is 4. The van der Waals surface area contributed by atoms with Crippen molar-refractivity contribution in [3.05, 3.63) is 53.9 Å². The van der Waals surface area contributed by atoms with E-state index in [0.717, 1.165) is 17.7 Å². The average Bonchev–Trinajstić information content (AvgIpc) is 2.35. The van der Waals surface area contributed by atoms with Gasteiger partial charge in [0.05, 0.1) is 6.20 Å². The highest BCUT2D eigenvalue weighted by atomic mass is 19.2. The fourth-order valence-electron chi connectivity index (χ4n) is 1.50. The van der Waals surface area contributed by atoms with Crippen LogP contribution in [0.1, 0.15) is 5.56 Å². The Labute approximate surface area is 103 Å². The Morgan fingerprint density at radius 2 is 1.89 bits per heavy atom. The number of benzene rings is 1. The Morgan fingerprint density at radius 3 is 2.61 bits per heavy atom. The molecule has 0 atom stereocenters. The molecule has 94 valence electrons. The number of pyridine rings is 1. The van der Waals surface area contributed by atoms with E-state index in [9.17, 15) is 8.78 Å². The maximum Gasteiger partial charge on any atom is 0.162 e. The zero-order valence-electron chi connectivity index (χ0n) is 9.57. The number of halogens is 2. The van der Waals surface area contributed by atoms with Gasteiger partial charge in [-0.15, -0.1) is 0 Å². The van der Waals surface area contributed by atoms with Crippen LogP contribution in [-0.2, 0) is 6.42 Å². The number of nitrogens with zero attached hydrogens (tertiary/aromatic N) is 1. The number of ether oxygens (including phenoxy) is 1. The van der Waals surface area contributed by atoms with Crippen LogP contribution in [0.15, 0.2) is 36.7 Å². The van der Waals surface area contributed by atoms with Crippen molar-refractivity contribution in [1.29, 1.82) is 0 Å². The summed E-state index contributed by atoms with van der Waals surface area (Å²) in [5, 5.41) is 0. The summed E-state index contributed by atoms with van der Waals surface area (Å²) in [6.07, 6.45) is 3.87. The lowest BCUT2D eigenvalue weighted by atomic mass is 10.2. The molecule has 2 aromatic rings. The van der Waals surface area contributed by atoms with Crippen molar-refractivity contribution < 1.29 is 13.5 Å². The molecule has 0 amide bonds. The molecule has 1 aromatic heterocycles. The molecule has 1 heterocycles. The molecular formula is C13H12F2N2O. The van der Waals surface area contributed by atoms with Gasteiger partial charge in [-0.25, -0.2) is 8.78 Å². The highest BCUT2D eigenvalue weighted by Gasteiger charge is 2.05. The molecule has 0 unspecified atom stereocenters. The summed E-state index contributed by atoms with van der Waals surface area (Å²) >= 11 is 0. The van der Waals surface area contributed by atoms with Crippen LogP contribution in [0.2, 0.25) is 0 Å². The monoisotopic (exact) mass is 250 g/mol. The lowest BCUT2D eigenvalue weighted by Crippen LogP contribution is -2.03. The molecule has 0 saturated heterocycles. The normalized spacial score (nSPS) is 10.4. The van der Waals surface area contributed by atoms with Crippen molar-refractivity contribution in [2.45, 2.75) is 6.42 Å². The third-order valence-corrected chi connectivity index (χ3v) is 2.33. The molecule has 0 aliphatic rings. The predicted molar refractivity (Wildman–Crippen MR) is 63.4 cm³/mol. The zero-order chi connectivity index (χ0) is 13.0. The highest BCUT2D eigenvalue weighted by Crippen LogP contribution is 2.23. The molecule has 0 aliphatic heterocycles. The van der Waals surface area contributed by atoms with Crippen LogP contribution in [0.5, 0.6) is 11.5 Å². The molecule has 2 rings (SSSR count). The largest absolute Gasteiger partial charge is 0.456 e. The molecule has 0 bridgehead atoms. The van der Waals surface area contributed by atoms with Gasteiger partial charge in [0.1, 0.15) is 11.5 Å². The summed E-state index contributed by atoms with van der Waals surface area (Å²) in [7, 11) is 0. The van der Waals surface area contributed by atoms with Gasteiger partial charge in [-0.1, -0.05) is 0 Å². The average molecular weight is 250 g/mol. The van der Waals surface area contributed by atoms with Gasteiger partial charge in [-0.05, 0) is 36.7 Å². The van der Waals surface area contributed by atoms with Crippen molar-refractivity contribution >= 4 is 0 Å². The van der Waals surface area contributed by atoms with Crippen LogP contribution < -0.4 is 10.5 Å². The number of aromatic nitrogens is 1. The summed E-state index contributed by atoms with van der Waals surface area (Å²) in [5.74, 6) is -1.16. The minimum atomic E-state index is -0.946. The van der Waals surface area contributed by atoms with Crippen LogP contribution in [0.4, 0.5) is 8.78 Å². The minimum absolute atomic E-state index is 0.223. The number of hydrogen-bond donors (Lipinski definition) is 1. The second kappa shape index (κ2) is 5.55. The third-order valence-electron chi connectivity index (χ3n) is 2.33. The Hall–Kier alpha value is -2.01. The molecule has 3 nitrogen and oxygen atoms in total. The Balaban J connectivity index is 2.17. The number of nitrogens with two attached hydrogens (primary N) is 1. The van der Waals surface area contributed by atoms with Gasteiger partial charge < -0.3 is 10.5 Å². The van der Waals surface area contributed by atoms with E-state index in [-0.39, 0.29) is 5.75 Å². The van der Waals surface area contributed by atoms with E-state index >= 15 is 0 Å². The molecule has 0 spiro atoms. The predicted octanol–water partition coefficient (Wildman–Crippen LogP) is 2.65. The van der Waals surface area contributed by atoms with Crippen molar-refractivity contribution in [1.82, 2.24) is 4.98 Å². The molecule has 5 heteroatoms. The lowest BCUT2D eigenvalue weighted by molar-refractivity contribution is 0.459. The van der Waals surface area contributed by atoms with E-state index in [1.54, 1.807) is 12.3 Å². The first-order valence-electron chi connectivity index (χ1n) is 5.46. The first-order chi connectivity index (χ1) is 8.69. The van der Waals surface area contributed by atoms with E-state index in [2.05, 4.69) is 4.98 Å². The SMILES string of the molecule is NCCc1cncc(Oc2ccc(F)c(F)c2)c1. The summed E-state index contributed by atoms with van der Waals surface area (Å²) in [6, 6.07) is 5.13. The molecule has 2 N–H and O–H groups in total. The van der Waals surface area contributed by atoms with Gasteiger partial charge in [0.2, 0.25) is 0 Å². The summed E-state index contributed by atoms with van der Waals surface area (Å²) in [5.41, 5.74) is 6.37. The first-order valence-corrected chi connectivity index (χ1v) is 5.46. The van der Waals surface area contributed by atoms with E-state index in [1.165, 1.54) is 12.3 Å². The van der Waals surface area contributed by atoms with Gasteiger partial charge in [0, 0.05) is 12.3 Å². The topological polar surface area (TPSA) is 48.1 Å². The second-order valence-electron chi connectivity index (χ2n) is 3.75. The highest BCUT2D eigenvalue weighted by molar-refractivity contribution is 5.32. The maximum absolute atomic E-state index is 13.0. The maximum atomic E-state index is 13.0. The van der Waals surface area contributed by atoms with E-state index in [0.29, 0.717) is 18.7 Å². The van der Waals surface area contributed by atoms with Crippen molar-refractivity contribution in [3.8, 4) is 11.5 Å². The van der Waals surface area contributed by atoms with Gasteiger partial charge in [0.15, 0.2) is 11.6 Å². The minimum Gasteiger partial charge on any atom is -0.456 e. The van der Waals surface area contributed by atoms with Gasteiger partial charge in [-0.2, -0.15) is 0 Å². The van der Waals surface area contributed by atoms with Crippen LogP contribution in [0.3, 0.4) is 0 Å². The molecule has 18 heavy (non-hydrogen) atoms. The Morgan fingerprint density at radius 1 is 1.06 bits per heavy atom.